The second-order valence-corrected chi connectivity index (χ2v) is 7.18. The van der Waals surface area contributed by atoms with Crippen LogP contribution >= 0.6 is 15.9 Å². The van der Waals surface area contributed by atoms with Crippen molar-refractivity contribution in [2.24, 2.45) is 0 Å². The zero-order valence-corrected chi connectivity index (χ0v) is 15.7. The summed E-state index contributed by atoms with van der Waals surface area (Å²) in [6.07, 6.45) is 3.21. The molecule has 0 atom stereocenters. The predicted octanol–water partition coefficient (Wildman–Crippen LogP) is 1.17. The van der Waals surface area contributed by atoms with E-state index >= 15 is 0 Å². The normalized spacial score (nSPS) is 17.1. The Balaban J connectivity index is 1.49. The number of hydrogen-bond donors (Lipinski definition) is 0. The highest BCUT2D eigenvalue weighted by Crippen LogP contribution is 2.19. The first-order valence-corrected chi connectivity index (χ1v) is 9.25. The number of aromatic nitrogens is 3. The predicted molar refractivity (Wildman–Crippen MR) is 95.6 cm³/mol. The fourth-order valence-electron chi connectivity index (χ4n) is 3.18. The third-order valence-corrected chi connectivity index (χ3v) is 4.99. The van der Waals surface area contributed by atoms with E-state index in [0.717, 1.165) is 10.2 Å². The SMILES string of the molecule is O=C(c1cncc(Br)c1)N1CCn2nc(C(=O)N3CCOCC3)cc2C1. The maximum absolute atomic E-state index is 12.7. The molecule has 0 aliphatic carbocycles. The van der Waals surface area contributed by atoms with Crippen LogP contribution in [0.1, 0.15) is 26.5 Å². The van der Waals surface area contributed by atoms with Crippen LogP contribution < -0.4 is 0 Å². The molecule has 9 heteroatoms. The van der Waals surface area contributed by atoms with Gasteiger partial charge in [-0.15, -0.1) is 0 Å². The van der Waals surface area contributed by atoms with Gasteiger partial charge in [-0.3, -0.25) is 19.3 Å². The first-order chi connectivity index (χ1) is 12.6. The van der Waals surface area contributed by atoms with Crippen molar-refractivity contribution in [3.63, 3.8) is 0 Å². The van der Waals surface area contributed by atoms with Crippen LogP contribution in [0.3, 0.4) is 0 Å². The molecule has 2 aromatic rings. The molecule has 26 heavy (non-hydrogen) atoms. The van der Waals surface area contributed by atoms with Gasteiger partial charge in [-0.2, -0.15) is 5.10 Å². The summed E-state index contributed by atoms with van der Waals surface area (Å²) in [6, 6.07) is 3.55. The van der Waals surface area contributed by atoms with Crippen molar-refractivity contribution in [3.8, 4) is 0 Å². The fourth-order valence-corrected chi connectivity index (χ4v) is 3.55. The van der Waals surface area contributed by atoms with Crippen LogP contribution in [0.25, 0.3) is 0 Å². The molecule has 0 spiro atoms. The molecule has 0 radical (unpaired) electrons. The summed E-state index contributed by atoms with van der Waals surface area (Å²) < 4.78 is 7.87. The van der Waals surface area contributed by atoms with Gasteiger partial charge >= 0.3 is 0 Å². The van der Waals surface area contributed by atoms with Crippen LogP contribution in [-0.4, -0.2) is 69.2 Å². The maximum Gasteiger partial charge on any atom is 0.274 e. The molecule has 4 rings (SSSR count). The Morgan fingerprint density at radius 1 is 1.00 bits per heavy atom. The largest absolute Gasteiger partial charge is 0.378 e. The van der Waals surface area contributed by atoms with Crippen molar-refractivity contribution < 1.29 is 14.3 Å². The minimum absolute atomic E-state index is 0.0766. The summed E-state index contributed by atoms with van der Waals surface area (Å²) in [4.78, 5) is 32.9. The Morgan fingerprint density at radius 2 is 1.81 bits per heavy atom. The Labute approximate surface area is 158 Å². The molecule has 1 fully saturated rings. The maximum atomic E-state index is 12.7. The van der Waals surface area contributed by atoms with Crippen LogP contribution in [-0.2, 0) is 17.8 Å². The van der Waals surface area contributed by atoms with E-state index in [-0.39, 0.29) is 11.8 Å². The van der Waals surface area contributed by atoms with Gasteiger partial charge in [0.25, 0.3) is 11.8 Å². The van der Waals surface area contributed by atoms with E-state index in [1.807, 2.05) is 4.68 Å². The number of carbonyl (C=O) groups is 2. The second kappa shape index (κ2) is 7.16. The van der Waals surface area contributed by atoms with Crippen LogP contribution in [0.4, 0.5) is 0 Å². The van der Waals surface area contributed by atoms with Gasteiger partial charge in [0.1, 0.15) is 0 Å². The lowest BCUT2D eigenvalue weighted by Gasteiger charge is -2.27. The highest BCUT2D eigenvalue weighted by atomic mass is 79.9. The summed E-state index contributed by atoms with van der Waals surface area (Å²) in [7, 11) is 0. The molecular weight excluding hydrogens is 402 g/mol. The molecule has 2 amide bonds. The molecule has 0 aromatic carbocycles. The fraction of sp³-hybridized carbons (Fsp3) is 0.412. The average molecular weight is 420 g/mol. The molecule has 136 valence electrons. The topological polar surface area (TPSA) is 80.6 Å². The zero-order chi connectivity index (χ0) is 18.1. The van der Waals surface area contributed by atoms with E-state index in [9.17, 15) is 9.59 Å². The summed E-state index contributed by atoms with van der Waals surface area (Å²) in [6.45, 7) is 3.83. The number of carbonyl (C=O) groups excluding carboxylic acids is 2. The van der Waals surface area contributed by atoms with E-state index in [1.54, 1.807) is 34.3 Å². The Hall–Kier alpha value is -2.26. The number of halogens is 1. The molecule has 0 N–H and O–H groups in total. The standard InChI is InChI=1S/C17H18BrN5O3/c18-13-7-12(9-19-10-13)16(24)22-1-2-23-14(11-22)8-15(20-23)17(25)21-3-5-26-6-4-21/h7-10H,1-6,11H2. The van der Waals surface area contributed by atoms with E-state index in [0.29, 0.717) is 57.2 Å². The quantitative estimate of drug-likeness (QED) is 0.729. The summed E-state index contributed by atoms with van der Waals surface area (Å²) in [5.41, 5.74) is 1.83. The van der Waals surface area contributed by atoms with Crippen molar-refractivity contribution in [1.29, 1.82) is 0 Å². The molecule has 0 saturated carbocycles. The van der Waals surface area contributed by atoms with Crippen LogP contribution in [0.15, 0.2) is 29.0 Å². The first-order valence-electron chi connectivity index (χ1n) is 8.45. The van der Waals surface area contributed by atoms with Crippen molar-refractivity contribution in [1.82, 2.24) is 24.6 Å². The van der Waals surface area contributed by atoms with Crippen LogP contribution in [0.2, 0.25) is 0 Å². The summed E-state index contributed by atoms with van der Waals surface area (Å²) in [5, 5.41) is 4.43. The highest BCUT2D eigenvalue weighted by molar-refractivity contribution is 9.10. The lowest BCUT2D eigenvalue weighted by molar-refractivity contribution is 0.0298. The molecule has 0 bridgehead atoms. The minimum atomic E-state index is -0.0794. The van der Waals surface area contributed by atoms with Gasteiger partial charge in [-0.1, -0.05) is 0 Å². The van der Waals surface area contributed by atoms with E-state index in [4.69, 9.17) is 4.74 Å². The van der Waals surface area contributed by atoms with Crippen molar-refractivity contribution in [2.75, 3.05) is 32.8 Å². The number of nitrogens with zero attached hydrogens (tertiary/aromatic N) is 5. The number of morpholine rings is 1. The van der Waals surface area contributed by atoms with E-state index in [1.165, 1.54) is 0 Å². The number of hydrogen-bond acceptors (Lipinski definition) is 5. The molecule has 2 aromatic heterocycles. The third kappa shape index (κ3) is 3.36. The lowest BCUT2D eigenvalue weighted by Crippen LogP contribution is -2.41. The number of fused-ring (bicyclic) bond motifs is 1. The number of ether oxygens (including phenoxy) is 1. The molecule has 4 heterocycles. The molecule has 2 aliphatic rings. The number of rotatable bonds is 2. The molecule has 8 nitrogen and oxygen atoms in total. The van der Waals surface area contributed by atoms with Crippen molar-refractivity contribution in [3.05, 3.63) is 46.0 Å². The third-order valence-electron chi connectivity index (χ3n) is 4.55. The molecule has 0 unspecified atom stereocenters. The van der Waals surface area contributed by atoms with Gasteiger partial charge < -0.3 is 14.5 Å². The van der Waals surface area contributed by atoms with Gasteiger partial charge in [0, 0.05) is 36.5 Å². The van der Waals surface area contributed by atoms with Crippen molar-refractivity contribution >= 4 is 27.7 Å². The van der Waals surface area contributed by atoms with Gasteiger partial charge in [0.05, 0.1) is 37.6 Å². The van der Waals surface area contributed by atoms with Gasteiger partial charge in [0.15, 0.2) is 5.69 Å². The smallest absolute Gasteiger partial charge is 0.274 e. The van der Waals surface area contributed by atoms with Crippen LogP contribution in [0, 0.1) is 0 Å². The lowest BCUT2D eigenvalue weighted by atomic mass is 10.2. The second-order valence-electron chi connectivity index (χ2n) is 6.27. The Bertz CT molecular complexity index is 847. The molecular formula is C17H18BrN5O3. The Morgan fingerprint density at radius 3 is 2.58 bits per heavy atom. The summed E-state index contributed by atoms with van der Waals surface area (Å²) in [5.74, 6) is -0.156. The number of pyridine rings is 1. The van der Waals surface area contributed by atoms with Crippen LogP contribution in [0.5, 0.6) is 0 Å². The zero-order valence-electron chi connectivity index (χ0n) is 14.1. The summed E-state index contributed by atoms with van der Waals surface area (Å²) >= 11 is 3.34. The first kappa shape index (κ1) is 17.2. The van der Waals surface area contributed by atoms with Gasteiger partial charge in [-0.25, -0.2) is 0 Å². The van der Waals surface area contributed by atoms with Gasteiger partial charge in [-0.05, 0) is 28.1 Å². The average Bonchev–Trinajstić information content (AvgIpc) is 3.10. The van der Waals surface area contributed by atoms with Gasteiger partial charge in [0.2, 0.25) is 0 Å². The van der Waals surface area contributed by atoms with E-state index in [2.05, 4.69) is 26.0 Å². The highest BCUT2D eigenvalue weighted by Gasteiger charge is 2.27. The molecule has 2 aliphatic heterocycles. The monoisotopic (exact) mass is 419 g/mol. The minimum Gasteiger partial charge on any atom is -0.378 e. The van der Waals surface area contributed by atoms with Crippen molar-refractivity contribution in [2.45, 2.75) is 13.1 Å². The van der Waals surface area contributed by atoms with E-state index < -0.39 is 0 Å². The Kier molecular flexibility index (Phi) is 4.73. The molecule has 1 saturated heterocycles. The number of amides is 2.